The van der Waals surface area contributed by atoms with Crippen molar-refractivity contribution in [2.45, 2.75) is 32.9 Å². The van der Waals surface area contributed by atoms with Crippen LogP contribution in [0.3, 0.4) is 0 Å². The zero-order valence-electron chi connectivity index (χ0n) is 9.29. The standard InChI is InChI=1S/C13H17NO/c1-3-10(2)14-9-12-8-11-6-4-5-7-13(11)15-12/h4-8,10,14H,3,9H2,1-2H3/t10-/m1/s1. The van der Waals surface area contributed by atoms with Crippen LogP contribution in [0.2, 0.25) is 0 Å². The molecule has 0 saturated heterocycles. The molecule has 0 unspecified atom stereocenters. The van der Waals surface area contributed by atoms with Crippen molar-refractivity contribution in [1.82, 2.24) is 5.32 Å². The molecule has 2 aromatic rings. The van der Waals surface area contributed by atoms with Crippen LogP contribution in [0, 0.1) is 0 Å². The van der Waals surface area contributed by atoms with Gasteiger partial charge in [0, 0.05) is 11.4 Å². The van der Waals surface area contributed by atoms with E-state index in [1.807, 2.05) is 18.2 Å². The molecule has 0 spiro atoms. The first-order chi connectivity index (χ1) is 7.29. The molecule has 15 heavy (non-hydrogen) atoms. The quantitative estimate of drug-likeness (QED) is 0.824. The van der Waals surface area contributed by atoms with Crippen molar-refractivity contribution in [3.05, 3.63) is 36.1 Å². The molecule has 80 valence electrons. The number of hydrogen-bond acceptors (Lipinski definition) is 2. The van der Waals surface area contributed by atoms with Crippen LogP contribution in [0.1, 0.15) is 26.0 Å². The highest BCUT2D eigenvalue weighted by atomic mass is 16.3. The molecule has 1 aromatic carbocycles. The van der Waals surface area contributed by atoms with Gasteiger partial charge in [0.25, 0.3) is 0 Å². The highest BCUT2D eigenvalue weighted by Gasteiger charge is 2.03. The Balaban J connectivity index is 2.09. The molecule has 0 saturated carbocycles. The largest absolute Gasteiger partial charge is 0.460 e. The van der Waals surface area contributed by atoms with Crippen LogP contribution in [-0.2, 0) is 6.54 Å². The van der Waals surface area contributed by atoms with E-state index in [9.17, 15) is 0 Å². The van der Waals surface area contributed by atoms with Gasteiger partial charge in [-0.3, -0.25) is 0 Å². The van der Waals surface area contributed by atoms with Gasteiger partial charge in [0.1, 0.15) is 11.3 Å². The van der Waals surface area contributed by atoms with Crippen molar-refractivity contribution in [2.24, 2.45) is 0 Å². The fourth-order valence-electron chi connectivity index (χ4n) is 1.54. The van der Waals surface area contributed by atoms with Crippen LogP contribution in [-0.4, -0.2) is 6.04 Å². The molecule has 2 rings (SSSR count). The highest BCUT2D eigenvalue weighted by molar-refractivity contribution is 5.77. The fourth-order valence-corrected chi connectivity index (χ4v) is 1.54. The minimum atomic E-state index is 0.540. The number of nitrogens with one attached hydrogen (secondary N) is 1. The van der Waals surface area contributed by atoms with Gasteiger partial charge >= 0.3 is 0 Å². The molecule has 0 fully saturated rings. The summed E-state index contributed by atoms with van der Waals surface area (Å²) >= 11 is 0. The number of benzene rings is 1. The van der Waals surface area contributed by atoms with E-state index in [0.717, 1.165) is 24.3 Å². The third-order valence-electron chi connectivity index (χ3n) is 2.71. The molecule has 2 heteroatoms. The lowest BCUT2D eigenvalue weighted by Crippen LogP contribution is -2.24. The molecular formula is C13H17NO. The van der Waals surface area contributed by atoms with Crippen molar-refractivity contribution < 1.29 is 4.42 Å². The van der Waals surface area contributed by atoms with E-state index in [-0.39, 0.29) is 0 Å². The Bertz CT molecular complexity index is 400. The third-order valence-corrected chi connectivity index (χ3v) is 2.71. The molecule has 1 N–H and O–H groups in total. The molecule has 1 atom stereocenters. The van der Waals surface area contributed by atoms with Crippen LogP contribution in [0.25, 0.3) is 11.0 Å². The summed E-state index contributed by atoms with van der Waals surface area (Å²) < 4.78 is 5.70. The summed E-state index contributed by atoms with van der Waals surface area (Å²) in [7, 11) is 0. The first kappa shape index (κ1) is 10.2. The molecule has 2 nitrogen and oxygen atoms in total. The first-order valence-electron chi connectivity index (χ1n) is 5.50. The number of furan rings is 1. The molecule has 0 radical (unpaired) electrons. The summed E-state index contributed by atoms with van der Waals surface area (Å²) in [5.41, 5.74) is 0.971. The SMILES string of the molecule is CC[C@@H](C)NCc1cc2ccccc2o1. The minimum absolute atomic E-state index is 0.540. The second-order valence-corrected chi connectivity index (χ2v) is 3.94. The van der Waals surface area contributed by atoms with E-state index in [1.54, 1.807) is 0 Å². The lowest BCUT2D eigenvalue weighted by Gasteiger charge is -2.08. The van der Waals surface area contributed by atoms with Gasteiger partial charge in [-0.25, -0.2) is 0 Å². The summed E-state index contributed by atoms with van der Waals surface area (Å²) in [5, 5.41) is 4.59. The van der Waals surface area contributed by atoms with E-state index in [2.05, 4.69) is 31.3 Å². The normalized spacial score (nSPS) is 13.2. The predicted molar refractivity (Wildman–Crippen MR) is 62.8 cm³/mol. The molecule has 0 aliphatic rings. The van der Waals surface area contributed by atoms with E-state index in [1.165, 1.54) is 5.39 Å². The van der Waals surface area contributed by atoms with Crippen molar-refractivity contribution in [3.63, 3.8) is 0 Å². The van der Waals surface area contributed by atoms with Crippen LogP contribution in [0.4, 0.5) is 0 Å². The summed E-state index contributed by atoms with van der Waals surface area (Å²) in [6, 6.07) is 10.7. The van der Waals surface area contributed by atoms with E-state index in [0.29, 0.717) is 6.04 Å². The number of fused-ring (bicyclic) bond motifs is 1. The Kier molecular flexibility index (Phi) is 3.07. The highest BCUT2D eigenvalue weighted by Crippen LogP contribution is 2.18. The molecule has 1 heterocycles. The zero-order chi connectivity index (χ0) is 10.7. The van der Waals surface area contributed by atoms with Gasteiger partial charge in [0.2, 0.25) is 0 Å². The molecule has 0 amide bonds. The number of hydrogen-bond donors (Lipinski definition) is 1. The minimum Gasteiger partial charge on any atom is -0.460 e. The number of para-hydroxylation sites is 1. The van der Waals surface area contributed by atoms with Gasteiger partial charge in [-0.1, -0.05) is 25.1 Å². The second kappa shape index (κ2) is 4.49. The maximum atomic E-state index is 5.70. The van der Waals surface area contributed by atoms with Crippen LogP contribution >= 0.6 is 0 Å². The lowest BCUT2D eigenvalue weighted by molar-refractivity contribution is 0.468. The number of rotatable bonds is 4. The molecule has 1 aromatic heterocycles. The van der Waals surface area contributed by atoms with Gasteiger partial charge in [-0.05, 0) is 25.5 Å². The monoisotopic (exact) mass is 203 g/mol. The van der Waals surface area contributed by atoms with Gasteiger partial charge in [-0.2, -0.15) is 0 Å². The van der Waals surface area contributed by atoms with Gasteiger partial charge in [0.15, 0.2) is 0 Å². The summed E-state index contributed by atoms with van der Waals surface area (Å²) in [4.78, 5) is 0. The van der Waals surface area contributed by atoms with Crippen molar-refractivity contribution in [2.75, 3.05) is 0 Å². The van der Waals surface area contributed by atoms with E-state index in [4.69, 9.17) is 4.42 Å². The van der Waals surface area contributed by atoms with Gasteiger partial charge in [0.05, 0.1) is 6.54 Å². The maximum Gasteiger partial charge on any atom is 0.134 e. The fraction of sp³-hybridized carbons (Fsp3) is 0.385. The Morgan fingerprint density at radius 1 is 1.33 bits per heavy atom. The molecule has 0 bridgehead atoms. The Labute approximate surface area is 90.3 Å². The Morgan fingerprint density at radius 3 is 2.87 bits per heavy atom. The summed E-state index contributed by atoms with van der Waals surface area (Å²) in [5.74, 6) is 1.01. The average molecular weight is 203 g/mol. The van der Waals surface area contributed by atoms with E-state index < -0.39 is 0 Å². The third kappa shape index (κ3) is 2.39. The van der Waals surface area contributed by atoms with Gasteiger partial charge in [-0.15, -0.1) is 0 Å². The van der Waals surface area contributed by atoms with Gasteiger partial charge < -0.3 is 9.73 Å². The maximum absolute atomic E-state index is 5.70. The lowest BCUT2D eigenvalue weighted by atomic mass is 10.2. The topological polar surface area (TPSA) is 25.2 Å². The molecule has 0 aliphatic heterocycles. The second-order valence-electron chi connectivity index (χ2n) is 3.94. The predicted octanol–water partition coefficient (Wildman–Crippen LogP) is 3.32. The first-order valence-corrected chi connectivity index (χ1v) is 5.50. The van der Waals surface area contributed by atoms with Crippen LogP contribution < -0.4 is 5.32 Å². The van der Waals surface area contributed by atoms with Crippen molar-refractivity contribution in [1.29, 1.82) is 0 Å². The molecular weight excluding hydrogens is 186 g/mol. The van der Waals surface area contributed by atoms with E-state index >= 15 is 0 Å². The van der Waals surface area contributed by atoms with Crippen LogP contribution in [0.15, 0.2) is 34.7 Å². The summed E-state index contributed by atoms with van der Waals surface area (Å²) in [6.07, 6.45) is 1.14. The smallest absolute Gasteiger partial charge is 0.134 e. The van der Waals surface area contributed by atoms with Crippen molar-refractivity contribution >= 4 is 11.0 Å². The zero-order valence-corrected chi connectivity index (χ0v) is 9.29. The molecule has 0 aliphatic carbocycles. The Hall–Kier alpha value is -1.28. The Morgan fingerprint density at radius 2 is 2.13 bits per heavy atom. The average Bonchev–Trinajstić information content (AvgIpc) is 2.68. The van der Waals surface area contributed by atoms with Crippen LogP contribution in [0.5, 0.6) is 0 Å². The summed E-state index contributed by atoms with van der Waals surface area (Å²) in [6.45, 7) is 5.17. The van der Waals surface area contributed by atoms with Crippen molar-refractivity contribution in [3.8, 4) is 0 Å².